The maximum atomic E-state index is 12.4. The number of carbonyl (C=O) groups is 1. The minimum atomic E-state index is -0.284. The molecular weight excluding hydrogens is 388 g/mol. The molecule has 1 amide bonds. The molecule has 1 heterocycles. The van der Waals surface area contributed by atoms with Gasteiger partial charge in [-0.05, 0) is 30.3 Å². The summed E-state index contributed by atoms with van der Waals surface area (Å²) in [5.41, 5.74) is 1.12. The molecule has 4 nitrogen and oxygen atoms in total. The van der Waals surface area contributed by atoms with Crippen molar-refractivity contribution in [2.75, 3.05) is 12.4 Å². The van der Waals surface area contributed by atoms with Gasteiger partial charge in [0, 0.05) is 4.47 Å². The highest BCUT2D eigenvalue weighted by molar-refractivity contribution is 9.10. The summed E-state index contributed by atoms with van der Waals surface area (Å²) in [5, 5.41) is 3.85. The molecule has 2 aromatic carbocycles. The zero-order valence-electron chi connectivity index (χ0n) is 11.4. The number of ether oxygens (including phenoxy) is 1. The number of hydrogen-bond donors (Lipinski definition) is 1. The summed E-state index contributed by atoms with van der Waals surface area (Å²) >= 11 is 10.8. The molecule has 0 bridgehead atoms. The summed E-state index contributed by atoms with van der Waals surface area (Å²) in [5.74, 6) is 0.216. The highest BCUT2D eigenvalue weighted by Gasteiger charge is 2.15. The number of halogens is 2. The topological polar surface area (TPSA) is 51.2 Å². The highest BCUT2D eigenvalue weighted by atomic mass is 79.9. The van der Waals surface area contributed by atoms with Gasteiger partial charge in [0.05, 0.1) is 22.4 Å². The summed E-state index contributed by atoms with van der Waals surface area (Å²) in [7, 11) is 1.53. The van der Waals surface area contributed by atoms with Gasteiger partial charge >= 0.3 is 0 Å². The number of benzene rings is 2. The van der Waals surface area contributed by atoms with Gasteiger partial charge in [-0.3, -0.25) is 10.1 Å². The molecule has 3 rings (SSSR count). The van der Waals surface area contributed by atoms with Crippen LogP contribution in [0.5, 0.6) is 5.75 Å². The normalized spacial score (nSPS) is 10.7. The lowest BCUT2D eigenvalue weighted by atomic mass is 10.2. The maximum absolute atomic E-state index is 12.4. The van der Waals surface area contributed by atoms with Gasteiger partial charge in [-0.25, -0.2) is 4.98 Å². The van der Waals surface area contributed by atoms with E-state index in [2.05, 4.69) is 26.2 Å². The van der Waals surface area contributed by atoms with Crippen molar-refractivity contribution >= 4 is 60.1 Å². The Morgan fingerprint density at radius 1 is 1.36 bits per heavy atom. The van der Waals surface area contributed by atoms with Crippen molar-refractivity contribution in [3.05, 3.63) is 51.5 Å². The van der Waals surface area contributed by atoms with Crippen LogP contribution in [0.4, 0.5) is 5.13 Å². The highest BCUT2D eigenvalue weighted by Crippen LogP contribution is 2.31. The number of amides is 1. The van der Waals surface area contributed by atoms with E-state index in [4.69, 9.17) is 16.3 Å². The van der Waals surface area contributed by atoms with Crippen LogP contribution in [0, 0.1) is 0 Å². The maximum Gasteiger partial charge on any atom is 0.261 e. The van der Waals surface area contributed by atoms with E-state index in [0.717, 1.165) is 9.17 Å². The third-order valence-electron chi connectivity index (χ3n) is 3.00. The molecule has 112 valence electrons. The van der Waals surface area contributed by atoms with E-state index < -0.39 is 0 Å². The number of fused-ring (bicyclic) bond motifs is 1. The number of anilines is 1. The minimum Gasteiger partial charge on any atom is -0.496 e. The Labute approximate surface area is 144 Å². The quantitative estimate of drug-likeness (QED) is 0.678. The molecule has 1 aromatic heterocycles. The Bertz CT molecular complexity index is 866. The van der Waals surface area contributed by atoms with Crippen LogP contribution in [-0.4, -0.2) is 18.0 Å². The van der Waals surface area contributed by atoms with Gasteiger partial charge in [0.25, 0.3) is 5.91 Å². The number of para-hydroxylation sites is 1. The molecule has 0 spiro atoms. The van der Waals surface area contributed by atoms with E-state index in [1.54, 1.807) is 18.2 Å². The molecule has 0 atom stereocenters. The smallest absolute Gasteiger partial charge is 0.261 e. The number of carbonyl (C=O) groups excluding carboxylic acids is 1. The first-order chi connectivity index (χ1) is 10.6. The van der Waals surface area contributed by atoms with Crippen molar-refractivity contribution in [1.29, 1.82) is 0 Å². The van der Waals surface area contributed by atoms with Crippen LogP contribution in [0.15, 0.2) is 40.9 Å². The minimum absolute atomic E-state index is 0.284. The van der Waals surface area contributed by atoms with Crippen LogP contribution in [-0.2, 0) is 0 Å². The lowest BCUT2D eigenvalue weighted by Gasteiger charge is -2.08. The second-order valence-electron chi connectivity index (χ2n) is 4.40. The van der Waals surface area contributed by atoms with E-state index in [9.17, 15) is 4.79 Å². The number of nitrogens with zero attached hydrogens (tertiary/aromatic N) is 1. The standard InChI is InChI=1S/C15H10BrClN2O2S/c1-21-11-6-5-8(16)7-9(11)14(20)19-15-18-13-10(17)3-2-4-12(13)22-15/h2-7H,1H3,(H,18,19,20). The van der Waals surface area contributed by atoms with Crippen molar-refractivity contribution in [3.8, 4) is 5.75 Å². The van der Waals surface area contributed by atoms with Crippen LogP contribution in [0.2, 0.25) is 5.02 Å². The third-order valence-corrected chi connectivity index (χ3v) is 4.73. The van der Waals surface area contributed by atoms with E-state index in [1.807, 2.05) is 18.2 Å². The van der Waals surface area contributed by atoms with E-state index >= 15 is 0 Å². The molecule has 0 fully saturated rings. The number of hydrogen-bond acceptors (Lipinski definition) is 4. The van der Waals surface area contributed by atoms with E-state index in [1.165, 1.54) is 18.4 Å². The zero-order valence-corrected chi connectivity index (χ0v) is 14.6. The zero-order chi connectivity index (χ0) is 15.7. The van der Waals surface area contributed by atoms with Gasteiger partial charge in [0.1, 0.15) is 11.3 Å². The lowest BCUT2D eigenvalue weighted by Crippen LogP contribution is -2.13. The molecule has 7 heteroatoms. The molecule has 0 saturated carbocycles. The first-order valence-electron chi connectivity index (χ1n) is 6.28. The van der Waals surface area contributed by atoms with Crippen LogP contribution in [0.3, 0.4) is 0 Å². The summed E-state index contributed by atoms with van der Waals surface area (Å²) in [6, 6.07) is 10.8. The first-order valence-corrected chi connectivity index (χ1v) is 8.27. The van der Waals surface area contributed by atoms with Gasteiger partial charge in [-0.1, -0.05) is 44.9 Å². The van der Waals surface area contributed by atoms with Crippen LogP contribution in [0.25, 0.3) is 10.2 Å². The van der Waals surface area contributed by atoms with Crippen molar-refractivity contribution in [2.24, 2.45) is 0 Å². The number of nitrogens with one attached hydrogen (secondary N) is 1. The third kappa shape index (κ3) is 2.95. The van der Waals surface area contributed by atoms with Gasteiger partial charge in [0.2, 0.25) is 0 Å². The molecule has 1 N–H and O–H groups in total. The molecular formula is C15H10BrClN2O2S. The number of aromatic nitrogens is 1. The number of rotatable bonds is 3. The summed E-state index contributed by atoms with van der Waals surface area (Å²) < 4.78 is 6.93. The Kier molecular flexibility index (Phi) is 4.33. The summed E-state index contributed by atoms with van der Waals surface area (Å²) in [6.07, 6.45) is 0. The average Bonchev–Trinajstić information content (AvgIpc) is 2.91. The fourth-order valence-electron chi connectivity index (χ4n) is 1.99. The Morgan fingerprint density at radius 2 is 2.18 bits per heavy atom. The Balaban J connectivity index is 1.93. The van der Waals surface area contributed by atoms with Gasteiger partial charge in [0.15, 0.2) is 5.13 Å². The van der Waals surface area contributed by atoms with Gasteiger partial charge < -0.3 is 4.74 Å². The Morgan fingerprint density at radius 3 is 2.91 bits per heavy atom. The number of methoxy groups -OCH3 is 1. The predicted octanol–water partition coefficient (Wildman–Crippen LogP) is 4.97. The van der Waals surface area contributed by atoms with Gasteiger partial charge in [-0.15, -0.1) is 0 Å². The lowest BCUT2D eigenvalue weighted by molar-refractivity contribution is 0.102. The van der Waals surface area contributed by atoms with Crippen molar-refractivity contribution in [2.45, 2.75) is 0 Å². The SMILES string of the molecule is COc1ccc(Br)cc1C(=O)Nc1nc2c(Cl)cccc2s1. The van der Waals surface area contributed by atoms with Crippen molar-refractivity contribution < 1.29 is 9.53 Å². The monoisotopic (exact) mass is 396 g/mol. The fraction of sp³-hybridized carbons (Fsp3) is 0.0667. The molecule has 0 aliphatic rings. The van der Waals surface area contributed by atoms with Crippen LogP contribution < -0.4 is 10.1 Å². The summed E-state index contributed by atoms with van der Waals surface area (Å²) in [6.45, 7) is 0. The molecule has 0 radical (unpaired) electrons. The fourth-order valence-corrected chi connectivity index (χ4v) is 3.51. The molecule has 0 aliphatic carbocycles. The van der Waals surface area contributed by atoms with Crippen LogP contribution >= 0.6 is 38.9 Å². The second kappa shape index (κ2) is 6.24. The van der Waals surface area contributed by atoms with E-state index in [-0.39, 0.29) is 5.91 Å². The average molecular weight is 398 g/mol. The summed E-state index contributed by atoms with van der Waals surface area (Å²) in [4.78, 5) is 16.8. The number of thiazole rings is 1. The van der Waals surface area contributed by atoms with Gasteiger partial charge in [-0.2, -0.15) is 0 Å². The molecule has 3 aromatic rings. The van der Waals surface area contributed by atoms with E-state index in [0.29, 0.717) is 27.0 Å². The Hall–Kier alpha value is -1.63. The first kappa shape index (κ1) is 15.3. The van der Waals surface area contributed by atoms with Crippen molar-refractivity contribution in [3.63, 3.8) is 0 Å². The van der Waals surface area contributed by atoms with Crippen molar-refractivity contribution in [1.82, 2.24) is 4.98 Å². The second-order valence-corrected chi connectivity index (χ2v) is 6.76. The molecule has 0 unspecified atom stereocenters. The molecule has 0 saturated heterocycles. The largest absolute Gasteiger partial charge is 0.496 e. The van der Waals surface area contributed by atoms with Crippen LogP contribution in [0.1, 0.15) is 10.4 Å². The molecule has 22 heavy (non-hydrogen) atoms. The molecule has 0 aliphatic heterocycles. The predicted molar refractivity (Wildman–Crippen MR) is 93.3 cm³/mol.